The van der Waals surface area contributed by atoms with Crippen LogP contribution in [0.3, 0.4) is 0 Å². The van der Waals surface area contributed by atoms with Crippen LogP contribution in [0.1, 0.15) is 18.4 Å². The summed E-state index contributed by atoms with van der Waals surface area (Å²) in [6.07, 6.45) is 1.22. The zero-order chi connectivity index (χ0) is 16.9. The van der Waals surface area contributed by atoms with Crippen molar-refractivity contribution in [1.82, 2.24) is 9.80 Å². The highest BCUT2D eigenvalue weighted by atomic mass is 16.6. The molecule has 24 heavy (non-hydrogen) atoms. The Labute approximate surface area is 142 Å². The van der Waals surface area contributed by atoms with E-state index in [4.69, 9.17) is 9.47 Å². The summed E-state index contributed by atoms with van der Waals surface area (Å²) in [6, 6.07) is 10.1. The number of carbonyl (C=O) groups is 2. The molecule has 0 N–H and O–H groups in total. The first-order valence-corrected chi connectivity index (χ1v) is 8.45. The average molecular weight is 332 g/mol. The van der Waals surface area contributed by atoms with Gasteiger partial charge in [0.2, 0.25) is 5.91 Å². The summed E-state index contributed by atoms with van der Waals surface area (Å²) in [6.45, 7) is 2.89. The van der Waals surface area contributed by atoms with Gasteiger partial charge in [-0.15, -0.1) is 0 Å². The minimum absolute atomic E-state index is 0.0978. The van der Waals surface area contributed by atoms with E-state index in [1.54, 1.807) is 4.90 Å². The molecule has 2 fully saturated rings. The normalized spacial score (nSPS) is 24.8. The second kappa shape index (κ2) is 7.77. The Balaban J connectivity index is 1.63. The predicted octanol–water partition coefficient (Wildman–Crippen LogP) is 1.05. The molecule has 6 heteroatoms. The maximum atomic E-state index is 12.9. The van der Waals surface area contributed by atoms with Gasteiger partial charge >= 0.3 is 5.97 Å². The Morgan fingerprint density at radius 1 is 1.25 bits per heavy atom. The first-order chi connectivity index (χ1) is 11.7. The number of hydrogen-bond donors (Lipinski definition) is 0. The van der Waals surface area contributed by atoms with E-state index in [9.17, 15) is 9.59 Å². The van der Waals surface area contributed by atoms with Gasteiger partial charge in [0.1, 0.15) is 0 Å². The molecule has 0 bridgehead atoms. The monoisotopic (exact) mass is 332 g/mol. The Kier molecular flexibility index (Phi) is 5.48. The van der Waals surface area contributed by atoms with Crippen LogP contribution in [0.4, 0.5) is 0 Å². The highest BCUT2D eigenvalue weighted by molar-refractivity contribution is 5.83. The summed E-state index contributed by atoms with van der Waals surface area (Å²) in [5.41, 5.74) is 1.21. The summed E-state index contributed by atoms with van der Waals surface area (Å²) in [4.78, 5) is 28.6. The summed E-state index contributed by atoms with van der Waals surface area (Å²) in [5.74, 6) is -0.319. The van der Waals surface area contributed by atoms with Crippen molar-refractivity contribution in [2.75, 3.05) is 33.4 Å². The molecule has 2 atom stereocenters. The highest BCUT2D eigenvalue weighted by Gasteiger charge is 2.37. The molecule has 0 spiro atoms. The maximum absolute atomic E-state index is 12.9. The van der Waals surface area contributed by atoms with Gasteiger partial charge < -0.3 is 14.4 Å². The molecule has 1 aromatic rings. The Hall–Kier alpha value is -1.92. The van der Waals surface area contributed by atoms with Crippen LogP contribution in [0.25, 0.3) is 0 Å². The Bertz CT molecular complexity index is 578. The lowest BCUT2D eigenvalue weighted by molar-refractivity contribution is -0.163. The summed E-state index contributed by atoms with van der Waals surface area (Å²) in [5, 5.41) is 0. The number of benzene rings is 1. The lowest BCUT2D eigenvalue weighted by Gasteiger charge is -2.35. The molecule has 0 saturated carbocycles. The van der Waals surface area contributed by atoms with E-state index in [2.05, 4.69) is 17.0 Å². The van der Waals surface area contributed by atoms with Crippen molar-refractivity contribution in [3.63, 3.8) is 0 Å². The average Bonchev–Trinajstić information content (AvgIpc) is 3.09. The van der Waals surface area contributed by atoms with Crippen LogP contribution in [-0.4, -0.2) is 67.2 Å². The molecule has 0 unspecified atom stereocenters. The lowest BCUT2D eigenvalue weighted by Crippen LogP contribution is -2.53. The molecule has 0 aromatic heterocycles. The fourth-order valence-electron chi connectivity index (χ4n) is 3.45. The van der Waals surface area contributed by atoms with E-state index < -0.39 is 12.1 Å². The van der Waals surface area contributed by atoms with Gasteiger partial charge in [-0.3, -0.25) is 9.69 Å². The fourth-order valence-corrected chi connectivity index (χ4v) is 3.45. The van der Waals surface area contributed by atoms with E-state index in [1.807, 2.05) is 18.2 Å². The Morgan fingerprint density at radius 3 is 2.79 bits per heavy atom. The third-order valence-electron chi connectivity index (χ3n) is 4.72. The van der Waals surface area contributed by atoms with Crippen molar-refractivity contribution in [1.29, 1.82) is 0 Å². The number of esters is 1. The summed E-state index contributed by atoms with van der Waals surface area (Å²) < 4.78 is 10.1. The molecule has 0 aliphatic carbocycles. The van der Waals surface area contributed by atoms with Crippen molar-refractivity contribution < 1.29 is 19.1 Å². The maximum Gasteiger partial charge on any atom is 0.336 e. The van der Waals surface area contributed by atoms with Gasteiger partial charge in [0.05, 0.1) is 26.3 Å². The van der Waals surface area contributed by atoms with Crippen molar-refractivity contribution in [3.8, 4) is 0 Å². The van der Waals surface area contributed by atoms with E-state index in [0.717, 1.165) is 25.9 Å². The smallest absolute Gasteiger partial charge is 0.336 e. The fraction of sp³-hybridized carbons (Fsp3) is 0.556. The van der Waals surface area contributed by atoms with Crippen molar-refractivity contribution >= 4 is 11.9 Å². The molecule has 6 nitrogen and oxygen atoms in total. The van der Waals surface area contributed by atoms with Crippen molar-refractivity contribution in [3.05, 3.63) is 35.9 Å². The standard InChI is InChI=1S/C18H24N2O4/c1-23-18(22)16-13-20(10-11-24-16)17(21)15-8-5-9-19(15)12-14-6-3-2-4-7-14/h2-4,6-7,15-16H,5,8-13H2,1H3/t15-,16+/m1/s1. The molecule has 3 rings (SSSR count). The van der Waals surface area contributed by atoms with Crippen molar-refractivity contribution in [2.24, 2.45) is 0 Å². The number of methoxy groups -OCH3 is 1. The zero-order valence-electron chi connectivity index (χ0n) is 14.0. The van der Waals surface area contributed by atoms with E-state index in [1.165, 1.54) is 12.7 Å². The van der Waals surface area contributed by atoms with Crippen LogP contribution < -0.4 is 0 Å². The molecule has 1 aromatic carbocycles. The van der Waals surface area contributed by atoms with Crippen LogP contribution in [0.15, 0.2) is 30.3 Å². The van der Waals surface area contributed by atoms with Crippen molar-refractivity contribution in [2.45, 2.75) is 31.5 Å². The highest BCUT2D eigenvalue weighted by Crippen LogP contribution is 2.23. The number of nitrogens with zero attached hydrogens (tertiary/aromatic N) is 2. The Morgan fingerprint density at radius 2 is 2.04 bits per heavy atom. The molecular formula is C18H24N2O4. The van der Waals surface area contributed by atoms with Gasteiger partial charge in [-0.1, -0.05) is 30.3 Å². The van der Waals surface area contributed by atoms with Crippen LogP contribution in [0.2, 0.25) is 0 Å². The minimum Gasteiger partial charge on any atom is -0.467 e. The van der Waals surface area contributed by atoms with E-state index >= 15 is 0 Å². The number of carbonyl (C=O) groups excluding carboxylic acids is 2. The molecule has 1 amide bonds. The first-order valence-electron chi connectivity index (χ1n) is 8.45. The summed E-state index contributed by atoms with van der Waals surface area (Å²) in [7, 11) is 1.34. The van der Waals surface area contributed by atoms with Gasteiger partial charge in [0.25, 0.3) is 0 Å². The summed E-state index contributed by atoms with van der Waals surface area (Å²) >= 11 is 0. The number of likely N-dealkylation sites (tertiary alicyclic amines) is 1. The predicted molar refractivity (Wildman–Crippen MR) is 88.2 cm³/mol. The number of rotatable bonds is 4. The first kappa shape index (κ1) is 16.9. The van der Waals surface area contributed by atoms with Gasteiger partial charge in [-0.2, -0.15) is 0 Å². The zero-order valence-corrected chi connectivity index (χ0v) is 14.0. The lowest BCUT2D eigenvalue weighted by atomic mass is 10.1. The van der Waals surface area contributed by atoms with Crippen LogP contribution >= 0.6 is 0 Å². The van der Waals surface area contributed by atoms with Crippen LogP contribution in [0.5, 0.6) is 0 Å². The quantitative estimate of drug-likeness (QED) is 0.772. The second-order valence-corrected chi connectivity index (χ2v) is 6.28. The van der Waals surface area contributed by atoms with Crippen LogP contribution in [-0.2, 0) is 25.6 Å². The third kappa shape index (κ3) is 3.76. The largest absolute Gasteiger partial charge is 0.467 e. The molecule has 2 saturated heterocycles. The van der Waals surface area contributed by atoms with E-state index in [-0.39, 0.29) is 18.5 Å². The third-order valence-corrected chi connectivity index (χ3v) is 4.72. The van der Waals surface area contributed by atoms with Gasteiger partial charge in [-0.25, -0.2) is 4.79 Å². The van der Waals surface area contributed by atoms with Gasteiger partial charge in [0.15, 0.2) is 6.10 Å². The second-order valence-electron chi connectivity index (χ2n) is 6.28. The number of amides is 1. The minimum atomic E-state index is -0.670. The molecule has 2 aliphatic rings. The van der Waals surface area contributed by atoms with Crippen LogP contribution in [0, 0.1) is 0 Å². The molecular weight excluding hydrogens is 308 g/mol. The number of ether oxygens (including phenoxy) is 2. The number of morpholine rings is 1. The SMILES string of the molecule is COC(=O)[C@@H]1CN(C(=O)[C@H]2CCCN2Cc2ccccc2)CCO1. The molecule has 2 aliphatic heterocycles. The van der Waals surface area contributed by atoms with Gasteiger partial charge in [-0.05, 0) is 24.9 Å². The van der Waals surface area contributed by atoms with E-state index in [0.29, 0.717) is 13.2 Å². The molecule has 130 valence electrons. The van der Waals surface area contributed by atoms with Gasteiger partial charge in [0, 0.05) is 13.1 Å². The molecule has 2 heterocycles. The molecule has 0 radical (unpaired) electrons. The number of hydrogen-bond acceptors (Lipinski definition) is 5. The topological polar surface area (TPSA) is 59.1 Å².